The Balaban J connectivity index is 1.69. The zero-order valence-electron chi connectivity index (χ0n) is 10.1. The van der Waals surface area contributed by atoms with Crippen LogP contribution in [-0.2, 0) is 4.79 Å². The molecular weight excluding hydrogens is 200 g/mol. The van der Waals surface area contributed by atoms with Gasteiger partial charge in [-0.1, -0.05) is 6.92 Å². The molecule has 1 amide bonds. The molecule has 3 rings (SSSR count). The fourth-order valence-corrected chi connectivity index (χ4v) is 3.40. The largest absolute Gasteiger partial charge is 0.338 e. The highest BCUT2D eigenvalue weighted by molar-refractivity contribution is 5.79. The minimum absolute atomic E-state index is 0.277. The molecule has 1 N–H and O–H groups in total. The van der Waals surface area contributed by atoms with E-state index in [-0.39, 0.29) is 5.92 Å². The molecule has 3 nitrogen and oxygen atoms in total. The summed E-state index contributed by atoms with van der Waals surface area (Å²) in [5.74, 6) is 2.13. The number of nitrogens with one attached hydrogen (secondary N) is 1. The first-order chi connectivity index (χ1) is 7.77. The Morgan fingerprint density at radius 3 is 2.88 bits per heavy atom. The van der Waals surface area contributed by atoms with Gasteiger partial charge in [0, 0.05) is 31.6 Å². The molecule has 2 heterocycles. The number of rotatable bonds is 2. The van der Waals surface area contributed by atoms with Gasteiger partial charge < -0.3 is 10.2 Å². The van der Waals surface area contributed by atoms with Crippen LogP contribution in [0.3, 0.4) is 0 Å². The summed E-state index contributed by atoms with van der Waals surface area (Å²) in [6.07, 6.45) is 5.05. The first-order valence-electron chi connectivity index (χ1n) is 6.78. The molecule has 0 aromatic carbocycles. The number of piperidine rings is 1. The van der Waals surface area contributed by atoms with Crippen molar-refractivity contribution in [2.75, 3.05) is 19.6 Å². The van der Waals surface area contributed by atoms with Crippen LogP contribution >= 0.6 is 0 Å². The zero-order chi connectivity index (χ0) is 11.1. The van der Waals surface area contributed by atoms with E-state index in [1.165, 1.54) is 25.7 Å². The van der Waals surface area contributed by atoms with Crippen molar-refractivity contribution in [2.45, 2.75) is 38.6 Å². The summed E-state index contributed by atoms with van der Waals surface area (Å²) in [5.41, 5.74) is 0. The van der Waals surface area contributed by atoms with Crippen LogP contribution < -0.4 is 5.32 Å². The van der Waals surface area contributed by atoms with E-state index >= 15 is 0 Å². The normalized spacial score (nSPS) is 35.9. The molecule has 0 spiro atoms. The van der Waals surface area contributed by atoms with E-state index in [0.717, 1.165) is 25.6 Å². The average Bonchev–Trinajstić information content (AvgIpc) is 3.04. The summed E-state index contributed by atoms with van der Waals surface area (Å²) in [6, 6.07) is 0.502. The van der Waals surface area contributed by atoms with Gasteiger partial charge >= 0.3 is 0 Å². The topological polar surface area (TPSA) is 32.3 Å². The predicted octanol–water partition coefficient (Wildman–Crippen LogP) is 1.24. The number of carbonyl (C=O) groups is 1. The van der Waals surface area contributed by atoms with Crippen LogP contribution in [-0.4, -0.2) is 36.5 Å². The van der Waals surface area contributed by atoms with Gasteiger partial charge in [0.1, 0.15) is 0 Å². The van der Waals surface area contributed by atoms with Crippen molar-refractivity contribution >= 4 is 5.91 Å². The molecular formula is C13H22N2O. The molecule has 1 aliphatic carbocycles. The molecule has 2 saturated heterocycles. The number of likely N-dealkylation sites (tertiary alicyclic amines) is 1. The van der Waals surface area contributed by atoms with Crippen molar-refractivity contribution in [3.05, 3.63) is 0 Å². The second kappa shape index (κ2) is 4.02. The zero-order valence-corrected chi connectivity index (χ0v) is 10.1. The predicted molar refractivity (Wildman–Crippen MR) is 63.0 cm³/mol. The Morgan fingerprint density at radius 2 is 2.12 bits per heavy atom. The van der Waals surface area contributed by atoms with Gasteiger partial charge in [-0.2, -0.15) is 0 Å². The van der Waals surface area contributed by atoms with Gasteiger partial charge in [-0.25, -0.2) is 0 Å². The molecule has 3 fully saturated rings. The number of amides is 1. The fourth-order valence-electron chi connectivity index (χ4n) is 3.40. The standard InChI is InChI=1S/C13H22N2O/c1-9(10-4-5-10)13(16)15-6-2-3-11-7-14-8-12(11)15/h9-12,14H,2-8H2,1H3. The van der Waals surface area contributed by atoms with Crippen molar-refractivity contribution in [1.82, 2.24) is 10.2 Å². The monoisotopic (exact) mass is 222 g/mol. The van der Waals surface area contributed by atoms with Gasteiger partial charge in [0.25, 0.3) is 0 Å². The highest BCUT2D eigenvalue weighted by atomic mass is 16.2. The maximum atomic E-state index is 12.4. The molecule has 3 unspecified atom stereocenters. The lowest BCUT2D eigenvalue weighted by atomic mass is 9.90. The Hall–Kier alpha value is -0.570. The molecule has 90 valence electrons. The van der Waals surface area contributed by atoms with Crippen LogP contribution in [0.5, 0.6) is 0 Å². The summed E-state index contributed by atoms with van der Waals surface area (Å²) in [6.45, 7) is 5.27. The molecule has 0 radical (unpaired) electrons. The van der Waals surface area contributed by atoms with Gasteiger partial charge in [-0.15, -0.1) is 0 Å². The maximum Gasteiger partial charge on any atom is 0.225 e. The number of hydrogen-bond acceptors (Lipinski definition) is 2. The van der Waals surface area contributed by atoms with Gasteiger partial charge in [0.05, 0.1) is 0 Å². The molecule has 0 aromatic heterocycles. The maximum absolute atomic E-state index is 12.4. The molecule has 0 aromatic rings. The highest BCUT2D eigenvalue weighted by Crippen LogP contribution is 2.38. The van der Waals surface area contributed by atoms with Gasteiger partial charge in [0.15, 0.2) is 0 Å². The van der Waals surface area contributed by atoms with Crippen molar-refractivity contribution in [2.24, 2.45) is 17.8 Å². The van der Waals surface area contributed by atoms with Gasteiger partial charge in [0.2, 0.25) is 5.91 Å². The van der Waals surface area contributed by atoms with Crippen molar-refractivity contribution < 1.29 is 4.79 Å². The average molecular weight is 222 g/mol. The van der Waals surface area contributed by atoms with Crippen LogP contribution in [0.15, 0.2) is 0 Å². The first-order valence-corrected chi connectivity index (χ1v) is 6.78. The first kappa shape index (κ1) is 10.6. The summed E-state index contributed by atoms with van der Waals surface area (Å²) < 4.78 is 0. The number of hydrogen-bond donors (Lipinski definition) is 1. The number of fused-ring (bicyclic) bond motifs is 1. The third kappa shape index (κ3) is 1.75. The van der Waals surface area contributed by atoms with Gasteiger partial charge in [-0.05, 0) is 37.5 Å². The highest BCUT2D eigenvalue weighted by Gasteiger charge is 2.41. The lowest BCUT2D eigenvalue weighted by molar-refractivity contribution is -0.140. The summed E-state index contributed by atoms with van der Waals surface area (Å²) in [7, 11) is 0. The lowest BCUT2D eigenvalue weighted by Crippen LogP contribution is -2.50. The van der Waals surface area contributed by atoms with Crippen molar-refractivity contribution in [3.8, 4) is 0 Å². The lowest BCUT2D eigenvalue weighted by Gasteiger charge is -2.38. The summed E-state index contributed by atoms with van der Waals surface area (Å²) >= 11 is 0. The van der Waals surface area contributed by atoms with E-state index < -0.39 is 0 Å². The second-order valence-corrected chi connectivity index (χ2v) is 5.79. The molecule has 16 heavy (non-hydrogen) atoms. The van der Waals surface area contributed by atoms with Crippen LogP contribution in [0.2, 0.25) is 0 Å². The van der Waals surface area contributed by atoms with E-state index in [4.69, 9.17) is 0 Å². The Morgan fingerprint density at radius 1 is 1.31 bits per heavy atom. The van der Waals surface area contributed by atoms with E-state index in [2.05, 4.69) is 17.1 Å². The van der Waals surface area contributed by atoms with E-state index in [0.29, 0.717) is 17.9 Å². The summed E-state index contributed by atoms with van der Waals surface area (Å²) in [4.78, 5) is 14.6. The number of nitrogens with zero attached hydrogens (tertiary/aromatic N) is 1. The SMILES string of the molecule is CC(C(=O)N1CCCC2CNCC21)C1CC1. The van der Waals surface area contributed by atoms with Crippen molar-refractivity contribution in [3.63, 3.8) is 0 Å². The third-order valence-corrected chi connectivity index (χ3v) is 4.68. The smallest absolute Gasteiger partial charge is 0.225 e. The van der Waals surface area contributed by atoms with E-state index in [9.17, 15) is 4.79 Å². The van der Waals surface area contributed by atoms with Crippen LogP contribution in [0.25, 0.3) is 0 Å². The second-order valence-electron chi connectivity index (χ2n) is 5.79. The summed E-state index contributed by atoms with van der Waals surface area (Å²) in [5, 5.41) is 3.44. The molecule has 1 saturated carbocycles. The fraction of sp³-hybridized carbons (Fsp3) is 0.923. The van der Waals surface area contributed by atoms with Crippen LogP contribution in [0.1, 0.15) is 32.6 Å². The Bertz CT molecular complexity index is 288. The quantitative estimate of drug-likeness (QED) is 0.762. The minimum Gasteiger partial charge on any atom is -0.338 e. The molecule has 3 aliphatic rings. The van der Waals surface area contributed by atoms with Crippen LogP contribution in [0, 0.1) is 17.8 Å². The van der Waals surface area contributed by atoms with E-state index in [1.807, 2.05) is 0 Å². The molecule has 2 aliphatic heterocycles. The van der Waals surface area contributed by atoms with E-state index in [1.54, 1.807) is 0 Å². The molecule has 3 heteroatoms. The minimum atomic E-state index is 0.277. The third-order valence-electron chi connectivity index (χ3n) is 4.68. The molecule has 3 atom stereocenters. The van der Waals surface area contributed by atoms with Gasteiger partial charge in [-0.3, -0.25) is 4.79 Å². The number of carbonyl (C=O) groups excluding carboxylic acids is 1. The Labute approximate surface area is 97.6 Å². The van der Waals surface area contributed by atoms with Crippen molar-refractivity contribution in [1.29, 1.82) is 0 Å². The Kier molecular flexibility index (Phi) is 2.66. The molecule has 0 bridgehead atoms. The van der Waals surface area contributed by atoms with Crippen LogP contribution in [0.4, 0.5) is 0 Å².